The molecule has 0 fully saturated rings. The molecule has 0 saturated carbocycles. The van der Waals surface area contributed by atoms with Gasteiger partial charge < -0.3 is 0 Å². The van der Waals surface area contributed by atoms with Gasteiger partial charge in [0.05, 0.1) is 0 Å². The van der Waals surface area contributed by atoms with Crippen LogP contribution >= 0.6 is 15.9 Å². The Bertz CT molecular complexity index is 518. The fourth-order valence-electron chi connectivity index (χ4n) is 1.64. The van der Waals surface area contributed by atoms with Crippen LogP contribution in [-0.4, -0.2) is 4.69 Å². The van der Waals surface area contributed by atoms with Crippen molar-refractivity contribution in [3.05, 3.63) is 59.7 Å². The van der Waals surface area contributed by atoms with Crippen molar-refractivity contribution < 1.29 is 4.79 Å². The molecule has 0 spiro atoms. The van der Waals surface area contributed by atoms with Crippen LogP contribution in [-0.2, 0) is 0 Å². The third-order valence-corrected chi connectivity index (χ3v) is 2.98. The smallest absolute Gasteiger partial charge is 0.228 e. The zero-order valence-electron chi connectivity index (χ0n) is 8.91. The molecule has 0 aliphatic rings. The first-order valence-corrected chi connectivity index (χ1v) is 5.83. The van der Waals surface area contributed by atoms with Gasteiger partial charge in [0.15, 0.2) is 0 Å². The summed E-state index contributed by atoms with van der Waals surface area (Å²) in [7, 11) is 0. The van der Waals surface area contributed by atoms with E-state index in [0.717, 1.165) is 22.3 Å². The highest BCUT2D eigenvalue weighted by molar-refractivity contribution is 9.18. The number of carbonyl (C=O) groups is 1. The van der Waals surface area contributed by atoms with E-state index in [9.17, 15) is 4.79 Å². The van der Waals surface area contributed by atoms with E-state index < -0.39 is 0 Å². The quantitative estimate of drug-likeness (QED) is 0.751. The van der Waals surface area contributed by atoms with Crippen LogP contribution in [0.25, 0.3) is 11.1 Å². The van der Waals surface area contributed by atoms with Crippen molar-refractivity contribution >= 4 is 20.6 Å². The molecule has 0 aliphatic heterocycles. The number of halogens is 1. The predicted octanol–water partition coefficient (Wildman–Crippen LogP) is 4.20. The van der Waals surface area contributed by atoms with E-state index in [1.54, 1.807) is 0 Å². The molecular weight excluding hydrogens is 264 g/mol. The number of hydrogen-bond acceptors (Lipinski definition) is 1. The van der Waals surface area contributed by atoms with Crippen LogP contribution in [0.2, 0.25) is 0 Å². The molecule has 2 rings (SSSR count). The Balaban J connectivity index is 2.52. The highest BCUT2D eigenvalue weighted by Gasteiger charge is 2.07. The molecule has 0 unspecified atom stereocenters. The zero-order chi connectivity index (χ0) is 11.5. The molecule has 0 saturated heterocycles. The summed E-state index contributed by atoms with van der Waals surface area (Å²) >= 11 is 3.00. The summed E-state index contributed by atoms with van der Waals surface area (Å²) in [5, 5.41) is 0. The molecule has 0 amide bonds. The molecule has 0 heterocycles. The SMILES string of the molecule is Cc1ccc(-c2ccccc2)cc1C(=O)Br. The maximum Gasteiger partial charge on any atom is 0.228 e. The molecule has 0 atom stereocenters. The maximum absolute atomic E-state index is 11.4. The molecule has 2 aromatic carbocycles. The van der Waals surface area contributed by atoms with E-state index in [1.165, 1.54) is 0 Å². The van der Waals surface area contributed by atoms with Crippen molar-refractivity contribution in [2.45, 2.75) is 6.92 Å². The Morgan fingerprint density at radius 2 is 1.69 bits per heavy atom. The molecule has 2 heteroatoms. The lowest BCUT2D eigenvalue weighted by Crippen LogP contribution is -1.93. The van der Waals surface area contributed by atoms with Gasteiger partial charge in [0.25, 0.3) is 0 Å². The summed E-state index contributed by atoms with van der Waals surface area (Å²) in [6.07, 6.45) is 0. The number of rotatable bonds is 2. The minimum absolute atomic E-state index is 0.0669. The summed E-state index contributed by atoms with van der Waals surface area (Å²) in [5.74, 6) is 0. The van der Waals surface area contributed by atoms with Gasteiger partial charge in [-0.15, -0.1) is 0 Å². The van der Waals surface area contributed by atoms with Gasteiger partial charge in [-0.1, -0.05) is 42.5 Å². The highest BCUT2D eigenvalue weighted by Crippen LogP contribution is 2.23. The van der Waals surface area contributed by atoms with Gasteiger partial charge in [-0.2, -0.15) is 0 Å². The summed E-state index contributed by atoms with van der Waals surface area (Å²) in [5.41, 5.74) is 3.90. The number of carbonyl (C=O) groups excluding carboxylic acids is 1. The number of hydrogen-bond donors (Lipinski definition) is 0. The lowest BCUT2D eigenvalue weighted by molar-refractivity contribution is 0.109. The van der Waals surface area contributed by atoms with Gasteiger partial charge in [-0.3, -0.25) is 4.79 Å². The van der Waals surface area contributed by atoms with Crippen LogP contribution in [0.3, 0.4) is 0 Å². The molecule has 0 aliphatic carbocycles. The monoisotopic (exact) mass is 274 g/mol. The number of aryl methyl sites for hydroxylation is 1. The Morgan fingerprint density at radius 1 is 1.00 bits per heavy atom. The lowest BCUT2D eigenvalue weighted by atomic mass is 10.0. The largest absolute Gasteiger partial charge is 0.281 e. The van der Waals surface area contributed by atoms with Gasteiger partial charge >= 0.3 is 0 Å². The van der Waals surface area contributed by atoms with Crippen molar-refractivity contribution in [1.29, 1.82) is 0 Å². The van der Waals surface area contributed by atoms with Gasteiger partial charge in [0.2, 0.25) is 4.69 Å². The molecule has 0 radical (unpaired) electrons. The van der Waals surface area contributed by atoms with Crippen molar-refractivity contribution in [3.63, 3.8) is 0 Å². The number of benzene rings is 2. The Kier molecular flexibility index (Phi) is 3.20. The van der Waals surface area contributed by atoms with E-state index in [2.05, 4.69) is 15.9 Å². The Morgan fingerprint density at radius 3 is 2.31 bits per heavy atom. The van der Waals surface area contributed by atoms with Crippen LogP contribution < -0.4 is 0 Å². The van der Waals surface area contributed by atoms with Crippen molar-refractivity contribution in [1.82, 2.24) is 0 Å². The first-order chi connectivity index (χ1) is 7.68. The fraction of sp³-hybridized carbons (Fsp3) is 0.0714. The van der Waals surface area contributed by atoms with Crippen LogP contribution in [0.15, 0.2) is 48.5 Å². The van der Waals surface area contributed by atoms with Crippen LogP contribution in [0, 0.1) is 6.92 Å². The second-order valence-corrected chi connectivity index (χ2v) is 4.39. The van der Waals surface area contributed by atoms with E-state index in [-0.39, 0.29) is 4.69 Å². The maximum atomic E-state index is 11.4. The minimum Gasteiger partial charge on any atom is -0.281 e. The molecule has 1 nitrogen and oxygen atoms in total. The summed E-state index contributed by atoms with van der Waals surface area (Å²) in [4.78, 5) is 11.4. The first kappa shape index (κ1) is 11.1. The van der Waals surface area contributed by atoms with E-state index in [4.69, 9.17) is 0 Å². The van der Waals surface area contributed by atoms with Crippen molar-refractivity contribution in [3.8, 4) is 11.1 Å². The third-order valence-electron chi connectivity index (χ3n) is 2.56. The predicted molar refractivity (Wildman–Crippen MR) is 69.9 cm³/mol. The Hall–Kier alpha value is -1.41. The average Bonchev–Trinajstić information content (AvgIpc) is 2.30. The molecular formula is C14H11BrO. The zero-order valence-corrected chi connectivity index (χ0v) is 10.5. The molecule has 0 aromatic heterocycles. The van der Waals surface area contributed by atoms with Gasteiger partial charge in [0, 0.05) is 5.56 Å². The first-order valence-electron chi connectivity index (χ1n) is 5.04. The van der Waals surface area contributed by atoms with Gasteiger partial charge in [-0.05, 0) is 45.6 Å². The standard InChI is InChI=1S/C14H11BrO/c1-10-7-8-12(9-13(10)14(15)16)11-5-3-2-4-6-11/h2-9H,1H3. The van der Waals surface area contributed by atoms with Gasteiger partial charge in [0.1, 0.15) is 0 Å². The summed E-state index contributed by atoms with van der Waals surface area (Å²) < 4.78 is -0.0669. The summed E-state index contributed by atoms with van der Waals surface area (Å²) in [6.45, 7) is 1.93. The topological polar surface area (TPSA) is 17.1 Å². The van der Waals surface area contributed by atoms with E-state index in [1.807, 2.05) is 55.5 Å². The Labute approximate surface area is 103 Å². The van der Waals surface area contributed by atoms with Gasteiger partial charge in [-0.25, -0.2) is 0 Å². The molecule has 16 heavy (non-hydrogen) atoms. The minimum atomic E-state index is -0.0669. The van der Waals surface area contributed by atoms with Crippen molar-refractivity contribution in [2.24, 2.45) is 0 Å². The fourth-order valence-corrected chi connectivity index (χ4v) is 2.07. The lowest BCUT2D eigenvalue weighted by Gasteiger charge is -2.05. The second-order valence-electron chi connectivity index (χ2n) is 3.67. The van der Waals surface area contributed by atoms with Crippen LogP contribution in [0.5, 0.6) is 0 Å². The van der Waals surface area contributed by atoms with Crippen molar-refractivity contribution in [2.75, 3.05) is 0 Å². The molecule has 80 valence electrons. The average molecular weight is 275 g/mol. The third kappa shape index (κ3) is 2.22. The van der Waals surface area contributed by atoms with Crippen LogP contribution in [0.1, 0.15) is 15.9 Å². The van der Waals surface area contributed by atoms with Crippen LogP contribution in [0.4, 0.5) is 0 Å². The van der Waals surface area contributed by atoms with E-state index in [0.29, 0.717) is 0 Å². The van der Waals surface area contributed by atoms with E-state index >= 15 is 0 Å². The molecule has 0 bridgehead atoms. The normalized spacial score (nSPS) is 10.1. The highest BCUT2D eigenvalue weighted by atomic mass is 79.9. The second kappa shape index (κ2) is 4.62. The molecule has 0 N–H and O–H groups in total. The molecule has 2 aromatic rings. The summed E-state index contributed by atoms with van der Waals surface area (Å²) in [6, 6.07) is 16.0.